The molecule has 1 aliphatic rings. The number of H-pyrrole nitrogens is 1. The number of anilines is 1. The molecule has 0 unspecified atom stereocenters. The molecule has 1 fully saturated rings. The van der Waals surface area contributed by atoms with Gasteiger partial charge in [-0.05, 0) is 42.8 Å². The molecule has 11 heteroatoms. The van der Waals surface area contributed by atoms with Crippen LogP contribution in [0.1, 0.15) is 11.1 Å². The van der Waals surface area contributed by atoms with E-state index < -0.39 is 20.0 Å². The van der Waals surface area contributed by atoms with Crippen molar-refractivity contribution in [3.05, 3.63) is 53.7 Å². The van der Waals surface area contributed by atoms with Crippen LogP contribution in [-0.2, 0) is 24.8 Å². The number of hydrogen-bond donors (Lipinski definition) is 2. The number of rotatable bonds is 5. The van der Waals surface area contributed by atoms with Crippen LogP contribution in [0.25, 0.3) is 10.9 Å². The Kier molecular flexibility index (Phi) is 5.49. The van der Waals surface area contributed by atoms with Crippen molar-refractivity contribution < 1.29 is 21.6 Å². The molecule has 0 radical (unpaired) electrons. The van der Waals surface area contributed by atoms with Crippen molar-refractivity contribution in [1.29, 1.82) is 5.26 Å². The quantitative estimate of drug-likeness (QED) is 0.600. The van der Waals surface area contributed by atoms with E-state index in [0.717, 1.165) is 5.56 Å². The molecule has 0 atom stereocenters. The summed E-state index contributed by atoms with van der Waals surface area (Å²) in [5.41, 5.74) is 2.07. The summed E-state index contributed by atoms with van der Waals surface area (Å²) in [6.07, 6.45) is 1.53. The summed E-state index contributed by atoms with van der Waals surface area (Å²) in [4.78, 5) is 2.89. The molecular weight excluding hydrogens is 440 g/mol. The standard InChI is InChI=1S/C20H20N4O5S2/c1-14-2-7-18(20-19(14)15(12-21)13-22-20)23-30(25,26)16-3-5-17(6-4-16)31(27,28)24-8-10-29-11-9-24/h2-7,13,22-23H,8-11H2,1H3. The lowest BCUT2D eigenvalue weighted by atomic mass is 10.1. The van der Waals surface area contributed by atoms with Gasteiger partial charge in [0.1, 0.15) is 6.07 Å². The maximum Gasteiger partial charge on any atom is 0.261 e. The van der Waals surface area contributed by atoms with E-state index in [-0.39, 0.29) is 22.9 Å². The molecule has 0 aliphatic carbocycles. The Bertz CT molecular complexity index is 1380. The van der Waals surface area contributed by atoms with Crippen molar-refractivity contribution in [2.75, 3.05) is 31.0 Å². The molecule has 1 aromatic heterocycles. The average Bonchev–Trinajstić information content (AvgIpc) is 3.22. The maximum atomic E-state index is 12.9. The van der Waals surface area contributed by atoms with Crippen LogP contribution >= 0.6 is 0 Å². The summed E-state index contributed by atoms with van der Waals surface area (Å²) >= 11 is 0. The van der Waals surface area contributed by atoms with Crippen LogP contribution in [0.15, 0.2) is 52.4 Å². The first-order valence-corrected chi connectivity index (χ1v) is 12.4. The second kappa shape index (κ2) is 7.97. The topological polar surface area (TPSA) is 132 Å². The van der Waals surface area contributed by atoms with Gasteiger partial charge in [-0.3, -0.25) is 4.72 Å². The Labute approximate surface area is 180 Å². The van der Waals surface area contributed by atoms with Crippen LogP contribution < -0.4 is 4.72 Å². The SMILES string of the molecule is Cc1ccc(NS(=O)(=O)c2ccc(S(=O)(=O)N3CCOCC3)cc2)c2[nH]cc(C#N)c12. The van der Waals surface area contributed by atoms with Gasteiger partial charge in [0.2, 0.25) is 10.0 Å². The van der Waals surface area contributed by atoms with Crippen molar-refractivity contribution in [2.24, 2.45) is 0 Å². The molecule has 31 heavy (non-hydrogen) atoms. The molecule has 3 aromatic rings. The number of morpholine rings is 1. The van der Waals surface area contributed by atoms with Crippen LogP contribution in [0.5, 0.6) is 0 Å². The summed E-state index contributed by atoms with van der Waals surface area (Å²) in [5, 5.41) is 9.92. The second-order valence-corrected chi connectivity index (χ2v) is 10.7. The molecule has 4 rings (SSSR count). The third-order valence-corrected chi connectivity index (χ3v) is 8.44. The van der Waals surface area contributed by atoms with Gasteiger partial charge in [-0.15, -0.1) is 0 Å². The number of nitrogens with zero attached hydrogens (tertiary/aromatic N) is 2. The number of aryl methyl sites for hydroxylation is 1. The number of nitrogens with one attached hydrogen (secondary N) is 2. The maximum absolute atomic E-state index is 12.9. The highest BCUT2D eigenvalue weighted by molar-refractivity contribution is 7.92. The summed E-state index contributed by atoms with van der Waals surface area (Å²) in [5.74, 6) is 0. The fourth-order valence-corrected chi connectivity index (χ4v) is 6.00. The van der Waals surface area contributed by atoms with Gasteiger partial charge in [-0.25, -0.2) is 16.8 Å². The Morgan fingerprint density at radius 3 is 2.32 bits per heavy atom. The predicted molar refractivity (Wildman–Crippen MR) is 115 cm³/mol. The van der Waals surface area contributed by atoms with E-state index in [1.54, 1.807) is 12.1 Å². The van der Waals surface area contributed by atoms with Crippen molar-refractivity contribution in [1.82, 2.24) is 9.29 Å². The Hall–Kier alpha value is -2.91. The first kappa shape index (κ1) is 21.3. The minimum Gasteiger partial charge on any atom is -0.379 e. The lowest BCUT2D eigenvalue weighted by Gasteiger charge is -2.26. The zero-order valence-corrected chi connectivity index (χ0v) is 18.3. The molecule has 0 saturated carbocycles. The third kappa shape index (κ3) is 3.90. The van der Waals surface area contributed by atoms with Crippen molar-refractivity contribution in [2.45, 2.75) is 16.7 Å². The van der Waals surface area contributed by atoms with E-state index in [2.05, 4.69) is 15.8 Å². The zero-order valence-electron chi connectivity index (χ0n) is 16.6. The molecule has 2 aromatic carbocycles. The molecule has 0 amide bonds. The van der Waals surface area contributed by atoms with Crippen LogP contribution in [0, 0.1) is 18.3 Å². The molecular formula is C20H20N4O5S2. The molecule has 9 nitrogen and oxygen atoms in total. The van der Waals surface area contributed by atoms with Gasteiger partial charge in [-0.1, -0.05) is 6.07 Å². The zero-order chi connectivity index (χ0) is 22.2. The van der Waals surface area contributed by atoms with Crippen molar-refractivity contribution in [3.8, 4) is 6.07 Å². The van der Waals surface area contributed by atoms with E-state index in [9.17, 15) is 22.1 Å². The number of benzene rings is 2. The van der Waals surface area contributed by atoms with Gasteiger partial charge in [0.05, 0.1) is 39.8 Å². The number of aromatic amines is 1. The van der Waals surface area contributed by atoms with E-state index >= 15 is 0 Å². The van der Waals surface area contributed by atoms with E-state index in [4.69, 9.17) is 4.74 Å². The number of nitriles is 1. The number of fused-ring (bicyclic) bond motifs is 1. The smallest absolute Gasteiger partial charge is 0.261 e. The second-order valence-electron chi connectivity index (χ2n) is 7.09. The van der Waals surface area contributed by atoms with Crippen LogP contribution in [0.4, 0.5) is 5.69 Å². The predicted octanol–water partition coefficient (Wildman–Crippen LogP) is 2.17. The molecule has 1 saturated heterocycles. The molecule has 2 N–H and O–H groups in total. The number of hydrogen-bond acceptors (Lipinski definition) is 6. The normalized spacial score (nSPS) is 15.6. The first-order valence-electron chi connectivity index (χ1n) is 9.45. The Balaban J connectivity index is 1.63. The fourth-order valence-electron chi connectivity index (χ4n) is 3.52. The summed E-state index contributed by atoms with van der Waals surface area (Å²) in [6, 6.07) is 10.5. The fraction of sp³-hybridized carbons (Fsp3) is 0.250. The van der Waals surface area contributed by atoms with Gasteiger partial charge in [0, 0.05) is 24.7 Å². The highest BCUT2D eigenvalue weighted by Crippen LogP contribution is 2.30. The van der Waals surface area contributed by atoms with Gasteiger partial charge >= 0.3 is 0 Å². The van der Waals surface area contributed by atoms with Crippen LogP contribution in [0.2, 0.25) is 0 Å². The highest BCUT2D eigenvalue weighted by Gasteiger charge is 2.27. The van der Waals surface area contributed by atoms with Crippen molar-refractivity contribution in [3.63, 3.8) is 0 Å². The van der Waals surface area contributed by atoms with E-state index in [1.807, 2.05) is 6.92 Å². The lowest BCUT2D eigenvalue weighted by molar-refractivity contribution is 0.0730. The average molecular weight is 461 g/mol. The summed E-state index contributed by atoms with van der Waals surface area (Å²) < 4.78 is 60.3. The summed E-state index contributed by atoms with van der Waals surface area (Å²) in [7, 11) is -7.70. The Morgan fingerprint density at radius 2 is 1.68 bits per heavy atom. The Morgan fingerprint density at radius 1 is 1.03 bits per heavy atom. The molecule has 162 valence electrons. The number of aromatic nitrogens is 1. The third-order valence-electron chi connectivity index (χ3n) is 5.15. The van der Waals surface area contributed by atoms with Crippen LogP contribution in [-0.4, -0.2) is 52.4 Å². The van der Waals surface area contributed by atoms with E-state index in [1.165, 1.54) is 34.8 Å². The van der Waals surface area contributed by atoms with Gasteiger partial charge < -0.3 is 9.72 Å². The number of sulfonamides is 2. The van der Waals surface area contributed by atoms with Gasteiger partial charge in [0.25, 0.3) is 10.0 Å². The lowest BCUT2D eigenvalue weighted by Crippen LogP contribution is -2.40. The summed E-state index contributed by atoms with van der Waals surface area (Å²) in [6.45, 7) is 3.01. The highest BCUT2D eigenvalue weighted by atomic mass is 32.2. The van der Waals surface area contributed by atoms with Gasteiger partial charge in [-0.2, -0.15) is 9.57 Å². The molecule has 1 aliphatic heterocycles. The molecule has 0 spiro atoms. The van der Waals surface area contributed by atoms with Crippen molar-refractivity contribution >= 4 is 36.6 Å². The minimum atomic E-state index is -3.98. The molecule has 2 heterocycles. The first-order chi connectivity index (χ1) is 14.7. The minimum absolute atomic E-state index is 0.0223. The monoisotopic (exact) mass is 460 g/mol. The molecule has 0 bridgehead atoms. The largest absolute Gasteiger partial charge is 0.379 e. The number of ether oxygens (including phenoxy) is 1. The van der Waals surface area contributed by atoms with Crippen LogP contribution in [0.3, 0.4) is 0 Å². The van der Waals surface area contributed by atoms with E-state index in [0.29, 0.717) is 35.4 Å². The van der Waals surface area contributed by atoms with Gasteiger partial charge in [0.15, 0.2) is 0 Å².